The second-order valence-corrected chi connectivity index (χ2v) is 12.2. The van der Waals surface area contributed by atoms with Gasteiger partial charge in [0.2, 0.25) is 0 Å². The maximum atomic E-state index is 12.3. The lowest BCUT2D eigenvalue weighted by atomic mass is 9.42. The molecule has 3 aliphatic rings. The van der Waals surface area contributed by atoms with Crippen molar-refractivity contribution in [1.82, 2.24) is 0 Å². The van der Waals surface area contributed by atoms with Crippen molar-refractivity contribution in [2.24, 2.45) is 22.7 Å². The summed E-state index contributed by atoms with van der Waals surface area (Å²) in [6.45, 7) is 13.3. The molecule has 3 rings (SSSR count). The van der Waals surface area contributed by atoms with Crippen molar-refractivity contribution in [3.8, 4) is 0 Å². The molecule has 1 saturated heterocycles. The first-order chi connectivity index (χ1) is 17.5. The third-order valence-electron chi connectivity index (χ3n) is 9.52. The van der Waals surface area contributed by atoms with Gasteiger partial charge in [-0.3, -0.25) is 19.2 Å². The summed E-state index contributed by atoms with van der Waals surface area (Å²) in [5, 5.41) is 11.7. The van der Waals surface area contributed by atoms with Gasteiger partial charge < -0.3 is 28.8 Å². The van der Waals surface area contributed by atoms with Crippen LogP contribution in [0.25, 0.3) is 0 Å². The minimum absolute atomic E-state index is 0.0841. The molecule has 10 heteroatoms. The number of ether oxygens (including phenoxy) is 5. The molecule has 10 nitrogen and oxygen atoms in total. The summed E-state index contributed by atoms with van der Waals surface area (Å²) >= 11 is 0. The van der Waals surface area contributed by atoms with Gasteiger partial charge in [-0.2, -0.15) is 0 Å². The fraction of sp³-hybridized carbons (Fsp3) is 0.857. The van der Waals surface area contributed by atoms with Crippen LogP contribution in [0.5, 0.6) is 0 Å². The average molecular weight is 541 g/mol. The van der Waals surface area contributed by atoms with E-state index in [0.717, 1.165) is 0 Å². The van der Waals surface area contributed by atoms with E-state index in [1.165, 1.54) is 27.7 Å². The van der Waals surface area contributed by atoms with Gasteiger partial charge in [-0.1, -0.05) is 20.8 Å². The summed E-state index contributed by atoms with van der Waals surface area (Å²) in [5.74, 6) is -2.83. The van der Waals surface area contributed by atoms with Gasteiger partial charge in [0.25, 0.3) is 0 Å². The normalized spacial score (nSPS) is 42.2. The lowest BCUT2D eigenvalue weighted by Crippen LogP contribution is -2.74. The van der Waals surface area contributed by atoms with Crippen LogP contribution in [0.15, 0.2) is 0 Å². The number of aliphatic hydroxyl groups is 1. The van der Waals surface area contributed by atoms with Crippen LogP contribution in [-0.4, -0.2) is 71.7 Å². The highest BCUT2D eigenvalue weighted by atomic mass is 16.6. The number of carbonyl (C=O) groups is 4. The maximum absolute atomic E-state index is 12.3. The number of fused-ring (bicyclic) bond motifs is 2. The van der Waals surface area contributed by atoms with Crippen LogP contribution in [-0.2, 0) is 42.9 Å². The first-order valence-electron chi connectivity index (χ1n) is 13.5. The molecule has 1 spiro atoms. The van der Waals surface area contributed by atoms with Crippen LogP contribution in [0.4, 0.5) is 0 Å². The average Bonchev–Trinajstić information content (AvgIpc) is 3.15. The van der Waals surface area contributed by atoms with Crippen LogP contribution in [0.3, 0.4) is 0 Å². The minimum Gasteiger partial charge on any atom is -0.466 e. The van der Waals surface area contributed by atoms with Crippen molar-refractivity contribution in [1.29, 1.82) is 0 Å². The summed E-state index contributed by atoms with van der Waals surface area (Å²) in [6.07, 6.45) is 0.198. The van der Waals surface area contributed by atoms with E-state index < -0.39 is 70.1 Å². The molecule has 0 aromatic carbocycles. The second-order valence-electron chi connectivity index (χ2n) is 12.2. The number of aliphatic hydroxyl groups excluding tert-OH is 1. The first-order valence-corrected chi connectivity index (χ1v) is 13.5. The molecule has 3 fully saturated rings. The van der Waals surface area contributed by atoms with Crippen molar-refractivity contribution in [2.45, 2.75) is 117 Å². The quantitative estimate of drug-likeness (QED) is 0.379. The molecule has 0 aromatic heterocycles. The predicted molar refractivity (Wildman–Crippen MR) is 135 cm³/mol. The molecular formula is C28H44O10. The Kier molecular flexibility index (Phi) is 8.59. The zero-order valence-electron chi connectivity index (χ0n) is 24.0. The molecule has 1 aliphatic heterocycles. The highest BCUT2D eigenvalue weighted by Crippen LogP contribution is 2.68. The molecule has 1 heterocycles. The van der Waals surface area contributed by atoms with Crippen LogP contribution >= 0.6 is 0 Å². The molecule has 0 amide bonds. The van der Waals surface area contributed by atoms with Crippen LogP contribution in [0, 0.1) is 22.7 Å². The predicted octanol–water partition coefficient (Wildman–Crippen LogP) is 3.11. The van der Waals surface area contributed by atoms with E-state index in [0.29, 0.717) is 32.1 Å². The first kappa shape index (κ1) is 30.3. The van der Waals surface area contributed by atoms with Gasteiger partial charge in [-0.25, -0.2) is 0 Å². The van der Waals surface area contributed by atoms with Gasteiger partial charge in [-0.05, 0) is 32.6 Å². The van der Waals surface area contributed by atoms with E-state index in [-0.39, 0.29) is 19.2 Å². The number of hydrogen-bond donors (Lipinski definition) is 1. The summed E-state index contributed by atoms with van der Waals surface area (Å²) in [6, 6.07) is 0. The maximum Gasteiger partial charge on any atom is 0.303 e. The summed E-state index contributed by atoms with van der Waals surface area (Å²) in [4.78, 5) is 47.7. The van der Waals surface area contributed by atoms with Gasteiger partial charge in [0.1, 0.15) is 18.8 Å². The molecule has 0 bridgehead atoms. The standard InChI is InChI=1S/C28H44O10/c1-16-22(33)23(37-20(5)32)24-26(7,15-35-18(3)30)21(36-19(4)31)9-10-27(24,8)28(16)12-11-25(6,38-28)13-14-34-17(2)29/h16,21-24,33H,9-15H2,1-8H3/t16-,21-,22-,23-,24+,25+,26+,27+,28-/m1/s1. The SMILES string of the molecule is CC(=O)OCC[C@]1(C)CC[C@@]2(O1)[C@H](C)[C@@H](O)[C@@H](OC(C)=O)[C@H]1[C@@](C)(COC(C)=O)[C@H](OC(C)=O)CC[C@@]12C. The smallest absolute Gasteiger partial charge is 0.303 e. The van der Waals surface area contributed by atoms with E-state index in [1.54, 1.807) is 0 Å². The Balaban J connectivity index is 2.13. The van der Waals surface area contributed by atoms with Crippen molar-refractivity contribution in [3.63, 3.8) is 0 Å². The van der Waals surface area contributed by atoms with E-state index in [2.05, 4.69) is 6.92 Å². The van der Waals surface area contributed by atoms with Gasteiger partial charge in [0.05, 0.1) is 23.9 Å². The van der Waals surface area contributed by atoms with Gasteiger partial charge >= 0.3 is 23.9 Å². The fourth-order valence-electron chi connectivity index (χ4n) is 7.80. The van der Waals surface area contributed by atoms with E-state index in [9.17, 15) is 24.3 Å². The van der Waals surface area contributed by atoms with Crippen molar-refractivity contribution >= 4 is 23.9 Å². The van der Waals surface area contributed by atoms with E-state index in [4.69, 9.17) is 23.7 Å². The number of hydrogen-bond acceptors (Lipinski definition) is 10. The third kappa shape index (κ3) is 5.30. The molecule has 216 valence electrons. The van der Waals surface area contributed by atoms with Gasteiger partial charge in [0.15, 0.2) is 0 Å². The lowest BCUT2D eigenvalue weighted by Gasteiger charge is -2.67. The molecule has 9 atom stereocenters. The van der Waals surface area contributed by atoms with Crippen molar-refractivity contribution in [3.05, 3.63) is 0 Å². The molecule has 0 aromatic rings. The largest absolute Gasteiger partial charge is 0.466 e. The third-order valence-corrected chi connectivity index (χ3v) is 9.52. The Labute approximate surface area is 225 Å². The van der Waals surface area contributed by atoms with Crippen LogP contribution < -0.4 is 0 Å². The molecule has 1 N–H and O–H groups in total. The highest BCUT2D eigenvalue weighted by Gasteiger charge is 2.74. The molecule has 2 saturated carbocycles. The van der Waals surface area contributed by atoms with E-state index in [1.807, 2.05) is 20.8 Å². The Hall–Kier alpha value is -2.20. The highest BCUT2D eigenvalue weighted by molar-refractivity contribution is 5.67. The zero-order valence-corrected chi connectivity index (χ0v) is 24.0. The number of esters is 4. The Morgan fingerprint density at radius 1 is 0.868 bits per heavy atom. The minimum atomic E-state index is -1.08. The number of rotatable bonds is 7. The van der Waals surface area contributed by atoms with Crippen LogP contribution in [0.1, 0.15) is 87.5 Å². The Morgan fingerprint density at radius 2 is 1.47 bits per heavy atom. The second kappa shape index (κ2) is 10.8. The Bertz CT molecular complexity index is 950. The van der Waals surface area contributed by atoms with Crippen molar-refractivity contribution in [2.75, 3.05) is 13.2 Å². The Morgan fingerprint density at radius 3 is 2.03 bits per heavy atom. The molecular weight excluding hydrogens is 496 g/mol. The number of carbonyl (C=O) groups excluding carboxylic acids is 4. The lowest BCUT2D eigenvalue weighted by molar-refractivity contribution is -0.315. The zero-order chi connectivity index (χ0) is 28.7. The van der Waals surface area contributed by atoms with Gasteiger partial charge in [-0.15, -0.1) is 0 Å². The summed E-state index contributed by atoms with van der Waals surface area (Å²) < 4.78 is 29.3. The van der Waals surface area contributed by atoms with Crippen molar-refractivity contribution < 1.29 is 48.0 Å². The molecule has 38 heavy (non-hydrogen) atoms. The summed E-state index contributed by atoms with van der Waals surface area (Å²) in [5.41, 5.74) is -3.07. The van der Waals surface area contributed by atoms with Gasteiger partial charge in [0, 0.05) is 56.8 Å². The molecule has 0 radical (unpaired) electrons. The monoisotopic (exact) mass is 540 g/mol. The molecule has 2 aliphatic carbocycles. The molecule has 0 unspecified atom stereocenters. The fourth-order valence-corrected chi connectivity index (χ4v) is 7.80. The summed E-state index contributed by atoms with van der Waals surface area (Å²) in [7, 11) is 0. The van der Waals surface area contributed by atoms with E-state index >= 15 is 0 Å². The topological polar surface area (TPSA) is 135 Å². The van der Waals surface area contributed by atoms with Crippen LogP contribution in [0.2, 0.25) is 0 Å².